The van der Waals surface area contributed by atoms with Crippen molar-refractivity contribution in [2.75, 3.05) is 5.32 Å². The first-order chi connectivity index (χ1) is 18.1. The molecule has 0 unspecified atom stereocenters. The number of hydrogen-bond acceptors (Lipinski definition) is 6. The number of fused-ring (bicyclic) bond motifs is 1. The molecule has 0 radical (unpaired) electrons. The van der Waals surface area contributed by atoms with Crippen LogP contribution >= 0.6 is 0 Å². The fraction of sp³-hybridized carbons (Fsp3) is 0.214. The van der Waals surface area contributed by atoms with Gasteiger partial charge in [0.05, 0.1) is 22.5 Å². The Hall–Kier alpha value is -4.44. The van der Waals surface area contributed by atoms with Gasteiger partial charge in [-0.05, 0) is 63.9 Å². The summed E-state index contributed by atoms with van der Waals surface area (Å²) in [7, 11) is 0. The Morgan fingerprint density at radius 3 is 2.61 bits per heavy atom. The molecule has 0 aliphatic heterocycles. The first-order valence-corrected chi connectivity index (χ1v) is 12.0. The number of halogens is 2. The second-order valence-corrected chi connectivity index (χ2v) is 9.69. The highest BCUT2D eigenvalue weighted by molar-refractivity contribution is 6.05. The number of rotatable bonds is 7. The summed E-state index contributed by atoms with van der Waals surface area (Å²) in [5, 5.41) is 12.8. The van der Waals surface area contributed by atoms with Crippen molar-refractivity contribution in [2.24, 2.45) is 0 Å². The van der Waals surface area contributed by atoms with Gasteiger partial charge in [-0.15, -0.1) is 0 Å². The number of aryl methyl sites for hydroxylation is 2. The van der Waals surface area contributed by atoms with E-state index in [1.807, 2.05) is 6.92 Å². The monoisotopic (exact) mass is 517 g/mol. The molecule has 4 heterocycles. The zero-order valence-corrected chi connectivity index (χ0v) is 21.0. The number of carbonyl (C=O) groups is 1. The lowest BCUT2D eigenvalue weighted by molar-refractivity contribution is 0.0711. The maximum absolute atomic E-state index is 14.8. The predicted octanol–water partition coefficient (Wildman–Crippen LogP) is 5.59. The Balaban J connectivity index is 1.53. The van der Waals surface area contributed by atoms with E-state index in [4.69, 9.17) is 4.42 Å². The molecule has 0 saturated carbocycles. The summed E-state index contributed by atoms with van der Waals surface area (Å²) in [5.41, 5.74) is 1.64. The average Bonchev–Trinajstić information content (AvgIpc) is 3.49. The van der Waals surface area contributed by atoms with Crippen molar-refractivity contribution in [3.8, 4) is 22.6 Å². The Kier molecular flexibility index (Phi) is 6.50. The van der Waals surface area contributed by atoms with Crippen molar-refractivity contribution in [1.29, 1.82) is 0 Å². The van der Waals surface area contributed by atoms with E-state index in [9.17, 15) is 18.7 Å². The summed E-state index contributed by atoms with van der Waals surface area (Å²) in [4.78, 5) is 26.1. The van der Waals surface area contributed by atoms with Gasteiger partial charge >= 0.3 is 0 Å². The van der Waals surface area contributed by atoms with Crippen LogP contribution in [0.1, 0.15) is 42.1 Å². The molecule has 10 heteroatoms. The number of aliphatic hydroxyl groups is 1. The topological polar surface area (TPSA) is 106 Å². The lowest BCUT2D eigenvalue weighted by atomic mass is 10.0. The third-order valence-corrected chi connectivity index (χ3v) is 6.00. The standard InChI is InChI=1S/C28H25F2N5O3/c1-16-11-17(8-10-31-16)27-34-23(15-38-27)26(36)33-22-14-35-13-18(7-9-28(2,3)37)32-24(35)12-19(22)25-20(29)5-4-6-21(25)30/h4-6,8,10-15,37H,7,9H2,1-3H3,(H,33,36). The number of anilines is 1. The van der Waals surface area contributed by atoms with E-state index in [1.54, 1.807) is 49.0 Å². The van der Waals surface area contributed by atoms with Gasteiger partial charge in [-0.3, -0.25) is 9.78 Å². The lowest BCUT2D eigenvalue weighted by Crippen LogP contribution is -2.19. The Morgan fingerprint density at radius 1 is 1.13 bits per heavy atom. The molecule has 38 heavy (non-hydrogen) atoms. The molecular weight excluding hydrogens is 492 g/mol. The summed E-state index contributed by atoms with van der Waals surface area (Å²) in [6.45, 7) is 5.24. The second-order valence-electron chi connectivity index (χ2n) is 9.69. The number of imidazole rings is 1. The normalized spacial score (nSPS) is 11.7. The summed E-state index contributed by atoms with van der Waals surface area (Å²) in [6.07, 6.45) is 7.09. The molecule has 1 aromatic carbocycles. The molecule has 0 aliphatic carbocycles. The van der Waals surface area contributed by atoms with Crippen LogP contribution in [0.2, 0.25) is 0 Å². The van der Waals surface area contributed by atoms with Gasteiger partial charge in [0, 0.05) is 35.4 Å². The van der Waals surface area contributed by atoms with E-state index in [1.165, 1.54) is 18.4 Å². The fourth-order valence-corrected chi connectivity index (χ4v) is 4.08. The number of benzene rings is 1. The van der Waals surface area contributed by atoms with Gasteiger partial charge < -0.3 is 19.2 Å². The molecule has 8 nitrogen and oxygen atoms in total. The largest absolute Gasteiger partial charge is 0.444 e. The number of nitrogens with one attached hydrogen (secondary N) is 1. The van der Waals surface area contributed by atoms with Crippen LogP contribution < -0.4 is 5.32 Å². The van der Waals surface area contributed by atoms with E-state index in [-0.39, 0.29) is 28.4 Å². The van der Waals surface area contributed by atoms with Crippen molar-refractivity contribution in [2.45, 2.75) is 39.2 Å². The van der Waals surface area contributed by atoms with Crippen LogP contribution in [-0.4, -0.2) is 36.0 Å². The van der Waals surface area contributed by atoms with Crippen LogP contribution in [0.5, 0.6) is 0 Å². The van der Waals surface area contributed by atoms with Gasteiger partial charge in [-0.2, -0.15) is 0 Å². The Morgan fingerprint density at radius 2 is 1.89 bits per heavy atom. The minimum atomic E-state index is -0.873. The van der Waals surface area contributed by atoms with Gasteiger partial charge in [-0.25, -0.2) is 18.7 Å². The van der Waals surface area contributed by atoms with E-state index in [0.717, 1.165) is 17.8 Å². The van der Waals surface area contributed by atoms with E-state index >= 15 is 0 Å². The van der Waals surface area contributed by atoms with Crippen LogP contribution in [0.25, 0.3) is 28.2 Å². The molecule has 4 aromatic heterocycles. The summed E-state index contributed by atoms with van der Waals surface area (Å²) >= 11 is 0. The number of oxazole rings is 1. The molecule has 0 atom stereocenters. The van der Waals surface area contributed by atoms with E-state index in [2.05, 4.69) is 20.3 Å². The van der Waals surface area contributed by atoms with Crippen molar-refractivity contribution in [3.05, 3.63) is 90.0 Å². The minimum Gasteiger partial charge on any atom is -0.444 e. The van der Waals surface area contributed by atoms with Crippen LogP contribution in [0.4, 0.5) is 14.5 Å². The molecule has 0 fully saturated rings. The SMILES string of the molecule is Cc1cc(-c2nc(C(=O)Nc3cn4cc(CCC(C)(C)O)nc4cc3-c3c(F)cccc3F)co2)ccn1. The molecule has 2 N–H and O–H groups in total. The fourth-order valence-electron chi connectivity index (χ4n) is 4.08. The highest BCUT2D eigenvalue weighted by Crippen LogP contribution is 2.34. The van der Waals surface area contributed by atoms with Crippen LogP contribution in [-0.2, 0) is 6.42 Å². The molecule has 0 saturated heterocycles. The zero-order chi connectivity index (χ0) is 27.0. The summed E-state index contributed by atoms with van der Waals surface area (Å²) in [6, 6.07) is 8.56. The number of nitrogens with zero attached hydrogens (tertiary/aromatic N) is 4. The van der Waals surface area contributed by atoms with E-state index < -0.39 is 23.1 Å². The summed E-state index contributed by atoms with van der Waals surface area (Å²) in [5.74, 6) is -1.95. The van der Waals surface area contributed by atoms with Gasteiger partial charge in [-0.1, -0.05) is 6.07 Å². The first kappa shape index (κ1) is 25.2. The molecule has 0 bridgehead atoms. The maximum atomic E-state index is 14.8. The smallest absolute Gasteiger partial charge is 0.277 e. The van der Waals surface area contributed by atoms with Gasteiger partial charge in [0.1, 0.15) is 23.5 Å². The van der Waals surface area contributed by atoms with Crippen LogP contribution in [0, 0.1) is 18.6 Å². The van der Waals surface area contributed by atoms with Crippen LogP contribution in [0.15, 0.2) is 65.7 Å². The number of aromatic nitrogens is 4. The van der Waals surface area contributed by atoms with Gasteiger partial charge in [0.15, 0.2) is 5.69 Å². The number of hydrogen-bond donors (Lipinski definition) is 2. The molecule has 5 aromatic rings. The molecule has 194 valence electrons. The summed E-state index contributed by atoms with van der Waals surface area (Å²) < 4.78 is 36.8. The Labute approximate surface area is 217 Å². The van der Waals surface area contributed by atoms with Crippen LogP contribution in [0.3, 0.4) is 0 Å². The van der Waals surface area contributed by atoms with Crippen molar-refractivity contribution in [3.63, 3.8) is 0 Å². The average molecular weight is 518 g/mol. The van der Waals surface area contributed by atoms with Gasteiger partial charge in [0.2, 0.25) is 5.89 Å². The second kappa shape index (κ2) is 9.79. The predicted molar refractivity (Wildman–Crippen MR) is 138 cm³/mol. The molecule has 1 amide bonds. The molecule has 0 spiro atoms. The number of carbonyl (C=O) groups excluding carboxylic acids is 1. The molecular formula is C28H25F2N5O3. The van der Waals surface area contributed by atoms with Crippen molar-refractivity contribution in [1.82, 2.24) is 19.4 Å². The third kappa shape index (κ3) is 5.30. The van der Waals surface area contributed by atoms with Crippen molar-refractivity contribution < 1.29 is 23.1 Å². The first-order valence-electron chi connectivity index (χ1n) is 12.0. The maximum Gasteiger partial charge on any atom is 0.277 e. The minimum absolute atomic E-state index is 0.00832. The zero-order valence-electron chi connectivity index (χ0n) is 21.0. The molecule has 5 rings (SSSR count). The number of pyridine rings is 2. The van der Waals surface area contributed by atoms with E-state index in [0.29, 0.717) is 29.7 Å². The third-order valence-electron chi connectivity index (χ3n) is 6.00. The Bertz CT molecular complexity index is 1630. The quantitative estimate of drug-likeness (QED) is 0.291. The lowest BCUT2D eigenvalue weighted by Gasteiger charge is -2.15. The number of amides is 1. The highest BCUT2D eigenvalue weighted by Gasteiger charge is 2.21. The van der Waals surface area contributed by atoms with Gasteiger partial charge in [0.25, 0.3) is 5.91 Å². The van der Waals surface area contributed by atoms with Crippen molar-refractivity contribution >= 4 is 17.2 Å². The highest BCUT2D eigenvalue weighted by atomic mass is 19.1. The molecule has 0 aliphatic rings.